The summed E-state index contributed by atoms with van der Waals surface area (Å²) in [5.41, 5.74) is 0.926. The van der Waals surface area contributed by atoms with Crippen LogP contribution in [0.2, 0.25) is 0 Å². The Balaban J connectivity index is 1.56. The third-order valence-corrected chi connectivity index (χ3v) is 9.25. The van der Waals surface area contributed by atoms with Gasteiger partial charge in [-0.05, 0) is 31.9 Å². The molecule has 3 aromatic rings. The molecule has 2 aromatic heterocycles. The van der Waals surface area contributed by atoms with Crippen LogP contribution in [0.15, 0.2) is 46.7 Å². The van der Waals surface area contributed by atoms with Gasteiger partial charge in [-0.2, -0.15) is 4.31 Å². The van der Waals surface area contributed by atoms with E-state index in [1.165, 1.54) is 31.9 Å². The molecule has 152 valence electrons. The summed E-state index contributed by atoms with van der Waals surface area (Å²) in [4.78, 5) is 15.5. The number of hydrogen-bond donors (Lipinski definition) is 0. The maximum absolute atomic E-state index is 13.1. The van der Waals surface area contributed by atoms with Gasteiger partial charge in [-0.1, -0.05) is 41.7 Å². The predicted molar refractivity (Wildman–Crippen MR) is 115 cm³/mol. The first-order chi connectivity index (χ1) is 13.9. The molecule has 0 saturated carbocycles. The lowest BCUT2D eigenvalue weighted by Crippen LogP contribution is -2.46. The van der Waals surface area contributed by atoms with Crippen molar-refractivity contribution in [3.05, 3.63) is 47.3 Å². The van der Waals surface area contributed by atoms with Gasteiger partial charge < -0.3 is 0 Å². The van der Waals surface area contributed by atoms with Gasteiger partial charge in [0.05, 0.1) is 0 Å². The molecule has 29 heavy (non-hydrogen) atoms. The van der Waals surface area contributed by atoms with Gasteiger partial charge in [0.25, 0.3) is 10.0 Å². The third kappa shape index (κ3) is 3.85. The molecule has 1 aromatic carbocycles. The lowest BCUT2D eigenvalue weighted by molar-refractivity contribution is -0.121. The van der Waals surface area contributed by atoms with Crippen LogP contribution in [0.4, 0.5) is 5.13 Å². The number of hydrogen-bond acceptors (Lipinski definition) is 7. The molecule has 1 fully saturated rings. The molecule has 1 saturated heterocycles. The first-order valence-corrected chi connectivity index (χ1v) is 12.2. The average Bonchev–Trinajstić information content (AvgIpc) is 3.47. The second-order valence-electron chi connectivity index (χ2n) is 6.79. The molecule has 7 nitrogen and oxygen atoms in total. The molecule has 10 heteroatoms. The second-order valence-corrected chi connectivity index (χ2v) is 11.2. The van der Waals surface area contributed by atoms with Crippen molar-refractivity contribution < 1.29 is 13.2 Å². The SMILES string of the molecule is Cc1ccc(S(=O)(=O)N2CCC[C@H]2C(=O)N(C)c2nnc(-c3ccccc3)s2)s1. The summed E-state index contributed by atoms with van der Waals surface area (Å²) in [5.74, 6) is -0.282. The van der Waals surface area contributed by atoms with Gasteiger partial charge >= 0.3 is 0 Å². The molecule has 0 aliphatic carbocycles. The number of anilines is 1. The van der Waals surface area contributed by atoms with Crippen molar-refractivity contribution in [3.63, 3.8) is 0 Å². The summed E-state index contributed by atoms with van der Waals surface area (Å²) in [6.07, 6.45) is 1.15. The lowest BCUT2D eigenvalue weighted by Gasteiger charge is -2.25. The molecule has 0 radical (unpaired) electrons. The Hall–Kier alpha value is -2.14. The fraction of sp³-hybridized carbons (Fsp3) is 0.316. The molecule has 1 atom stereocenters. The van der Waals surface area contributed by atoms with Crippen molar-refractivity contribution in [2.75, 3.05) is 18.5 Å². The molecule has 4 rings (SSSR count). The van der Waals surface area contributed by atoms with Crippen molar-refractivity contribution in [2.24, 2.45) is 0 Å². The van der Waals surface area contributed by atoms with Gasteiger partial charge in [0.2, 0.25) is 11.0 Å². The Bertz CT molecular complexity index is 1120. The van der Waals surface area contributed by atoms with E-state index in [-0.39, 0.29) is 10.1 Å². The van der Waals surface area contributed by atoms with E-state index in [0.29, 0.717) is 29.5 Å². The Morgan fingerprint density at radius 2 is 1.90 bits per heavy atom. The van der Waals surface area contributed by atoms with Crippen molar-refractivity contribution in [1.29, 1.82) is 0 Å². The van der Waals surface area contributed by atoms with E-state index in [1.54, 1.807) is 19.2 Å². The highest BCUT2D eigenvalue weighted by molar-refractivity contribution is 7.91. The zero-order chi connectivity index (χ0) is 20.6. The molecule has 1 aliphatic heterocycles. The smallest absolute Gasteiger partial charge is 0.253 e. The van der Waals surface area contributed by atoms with E-state index < -0.39 is 16.1 Å². The van der Waals surface area contributed by atoms with Gasteiger partial charge in [-0.3, -0.25) is 9.69 Å². The predicted octanol–water partition coefficient (Wildman–Crippen LogP) is 3.39. The van der Waals surface area contributed by atoms with E-state index in [1.807, 2.05) is 37.3 Å². The number of thiophene rings is 1. The minimum Gasteiger partial charge on any atom is -0.288 e. The number of rotatable bonds is 5. The number of aromatic nitrogens is 2. The zero-order valence-electron chi connectivity index (χ0n) is 16.0. The fourth-order valence-electron chi connectivity index (χ4n) is 3.31. The molecule has 1 amide bonds. The van der Waals surface area contributed by atoms with E-state index in [4.69, 9.17) is 0 Å². The molecular formula is C19H20N4O3S3. The number of carbonyl (C=O) groups excluding carboxylic acids is 1. The molecule has 1 aliphatic rings. The van der Waals surface area contributed by atoms with E-state index in [0.717, 1.165) is 10.4 Å². The minimum absolute atomic E-state index is 0.277. The Morgan fingerprint density at radius 1 is 1.14 bits per heavy atom. The van der Waals surface area contributed by atoms with Gasteiger partial charge in [-0.25, -0.2) is 8.42 Å². The summed E-state index contributed by atoms with van der Waals surface area (Å²) in [5, 5.41) is 9.48. The van der Waals surface area contributed by atoms with Crippen LogP contribution < -0.4 is 4.90 Å². The van der Waals surface area contributed by atoms with Crippen LogP contribution in [-0.4, -0.2) is 48.5 Å². The molecule has 0 unspecified atom stereocenters. The van der Waals surface area contributed by atoms with Crippen LogP contribution in [0.5, 0.6) is 0 Å². The maximum atomic E-state index is 13.1. The van der Waals surface area contributed by atoms with Gasteiger partial charge in [-0.15, -0.1) is 21.5 Å². The van der Waals surface area contributed by atoms with Crippen LogP contribution in [-0.2, 0) is 14.8 Å². The van der Waals surface area contributed by atoms with Crippen molar-refractivity contribution >= 4 is 43.7 Å². The molecule has 0 spiro atoms. The van der Waals surface area contributed by atoms with Crippen molar-refractivity contribution in [2.45, 2.75) is 30.0 Å². The van der Waals surface area contributed by atoms with Crippen LogP contribution >= 0.6 is 22.7 Å². The third-order valence-electron chi connectivity index (χ3n) is 4.82. The van der Waals surface area contributed by atoms with Gasteiger partial charge in [0.15, 0.2) is 0 Å². The average molecular weight is 449 g/mol. The number of nitrogens with zero attached hydrogens (tertiary/aromatic N) is 4. The topological polar surface area (TPSA) is 83.5 Å². The van der Waals surface area contributed by atoms with E-state index in [2.05, 4.69) is 10.2 Å². The van der Waals surface area contributed by atoms with Crippen LogP contribution in [0.25, 0.3) is 10.6 Å². The lowest BCUT2D eigenvalue weighted by atomic mass is 10.2. The van der Waals surface area contributed by atoms with Crippen LogP contribution in [0.3, 0.4) is 0 Å². The highest BCUT2D eigenvalue weighted by Gasteiger charge is 2.41. The number of sulfonamides is 1. The summed E-state index contributed by atoms with van der Waals surface area (Å²) < 4.78 is 27.7. The fourth-order valence-corrected chi connectivity index (χ4v) is 7.19. The summed E-state index contributed by atoms with van der Waals surface area (Å²) in [6.45, 7) is 2.21. The number of aryl methyl sites for hydroxylation is 1. The minimum atomic E-state index is -3.69. The highest BCUT2D eigenvalue weighted by atomic mass is 32.2. The maximum Gasteiger partial charge on any atom is 0.253 e. The molecule has 0 N–H and O–H groups in total. The monoisotopic (exact) mass is 448 g/mol. The standard InChI is InChI=1S/C19H20N4O3S3/c1-13-10-11-16(27-13)29(25,26)23-12-6-9-15(23)18(24)22(2)19-21-20-17(28-19)14-7-4-3-5-8-14/h3-5,7-8,10-11,15H,6,9,12H2,1-2H3/t15-/m0/s1. The first-order valence-electron chi connectivity index (χ1n) is 9.13. The van der Waals surface area contributed by atoms with E-state index >= 15 is 0 Å². The Kier molecular flexibility index (Phi) is 5.52. The van der Waals surface area contributed by atoms with Gasteiger partial charge in [0.1, 0.15) is 15.3 Å². The number of benzene rings is 1. The largest absolute Gasteiger partial charge is 0.288 e. The van der Waals surface area contributed by atoms with Crippen molar-refractivity contribution in [1.82, 2.24) is 14.5 Å². The summed E-state index contributed by atoms with van der Waals surface area (Å²) in [6, 6.07) is 12.3. The molecule has 3 heterocycles. The zero-order valence-corrected chi connectivity index (χ0v) is 18.4. The molecule has 0 bridgehead atoms. The number of amides is 1. The van der Waals surface area contributed by atoms with Crippen LogP contribution in [0, 0.1) is 6.92 Å². The molecular weight excluding hydrogens is 428 g/mol. The van der Waals surface area contributed by atoms with E-state index in [9.17, 15) is 13.2 Å². The first kappa shape index (κ1) is 20.1. The second kappa shape index (κ2) is 7.94. The Labute approximate surface area is 177 Å². The summed E-state index contributed by atoms with van der Waals surface area (Å²) >= 11 is 2.53. The normalized spacial score (nSPS) is 17.5. The number of carbonyl (C=O) groups is 1. The highest BCUT2D eigenvalue weighted by Crippen LogP contribution is 2.33. The number of likely N-dealkylation sites (N-methyl/N-ethyl adjacent to an activating group) is 1. The Morgan fingerprint density at radius 3 is 2.59 bits per heavy atom. The quantitative estimate of drug-likeness (QED) is 0.597. The summed E-state index contributed by atoms with van der Waals surface area (Å²) in [7, 11) is -2.07. The van der Waals surface area contributed by atoms with Gasteiger partial charge in [0, 0.05) is 24.0 Å². The van der Waals surface area contributed by atoms with Crippen LogP contribution in [0.1, 0.15) is 17.7 Å². The van der Waals surface area contributed by atoms with Crippen molar-refractivity contribution in [3.8, 4) is 10.6 Å².